The van der Waals surface area contributed by atoms with Crippen LogP contribution in [-0.2, 0) is 18.4 Å². The van der Waals surface area contributed by atoms with Crippen molar-refractivity contribution in [1.29, 1.82) is 0 Å². The molecule has 0 radical (unpaired) electrons. The van der Waals surface area contributed by atoms with Gasteiger partial charge in [-0.1, -0.05) is 30.3 Å². The Kier molecular flexibility index (Phi) is 3.44. The standard InChI is InChI=1S/C16H19N4O2/c1-17-10-13(21)19(3)15-14(16(17)22)20(11-18(15)2)9-12-7-5-4-6-8-12/h4-8,11H,9-10H2,1-3H3/q+1. The minimum absolute atomic E-state index is 0.0926. The summed E-state index contributed by atoms with van der Waals surface area (Å²) in [5.74, 6) is 0.405. The third-order valence-electron chi connectivity index (χ3n) is 3.95. The summed E-state index contributed by atoms with van der Waals surface area (Å²) < 4.78 is 3.73. The summed E-state index contributed by atoms with van der Waals surface area (Å²) in [5.41, 5.74) is 1.65. The number of carbonyl (C=O) groups is 2. The number of nitrogens with zero attached hydrogens (tertiary/aromatic N) is 4. The minimum atomic E-state index is -0.135. The molecule has 3 rings (SSSR count). The monoisotopic (exact) mass is 299 g/mol. The van der Waals surface area contributed by atoms with E-state index in [1.807, 2.05) is 52.8 Å². The summed E-state index contributed by atoms with van der Waals surface area (Å²) in [6.45, 7) is 0.682. The second-order valence-corrected chi connectivity index (χ2v) is 5.63. The van der Waals surface area contributed by atoms with Crippen molar-refractivity contribution in [3.05, 3.63) is 47.9 Å². The van der Waals surface area contributed by atoms with Gasteiger partial charge < -0.3 is 4.90 Å². The molecule has 2 heterocycles. The summed E-state index contributed by atoms with van der Waals surface area (Å²) in [4.78, 5) is 27.8. The number of hydrogen-bond acceptors (Lipinski definition) is 2. The minimum Gasteiger partial charge on any atom is -0.328 e. The van der Waals surface area contributed by atoms with Crippen LogP contribution in [0.2, 0.25) is 0 Å². The molecule has 0 atom stereocenters. The van der Waals surface area contributed by atoms with E-state index < -0.39 is 0 Å². The van der Waals surface area contributed by atoms with Crippen LogP contribution in [0.3, 0.4) is 0 Å². The van der Waals surface area contributed by atoms with Crippen LogP contribution in [0, 0.1) is 0 Å². The number of anilines is 1. The van der Waals surface area contributed by atoms with E-state index in [0.29, 0.717) is 18.1 Å². The van der Waals surface area contributed by atoms with E-state index in [2.05, 4.69) is 0 Å². The summed E-state index contributed by atoms with van der Waals surface area (Å²) in [7, 11) is 5.21. The highest BCUT2D eigenvalue weighted by molar-refractivity contribution is 6.06. The quantitative estimate of drug-likeness (QED) is 0.754. The first-order valence-corrected chi connectivity index (χ1v) is 7.13. The Morgan fingerprint density at radius 1 is 1.14 bits per heavy atom. The number of benzene rings is 1. The molecule has 0 saturated carbocycles. The van der Waals surface area contributed by atoms with Gasteiger partial charge in [-0.3, -0.25) is 14.2 Å². The average molecular weight is 299 g/mol. The Morgan fingerprint density at radius 3 is 2.50 bits per heavy atom. The number of carbonyl (C=O) groups excluding carboxylic acids is 2. The van der Waals surface area contributed by atoms with Crippen LogP contribution in [0.25, 0.3) is 0 Å². The molecule has 1 aromatic heterocycles. The lowest BCUT2D eigenvalue weighted by Crippen LogP contribution is -2.40. The molecular weight excluding hydrogens is 280 g/mol. The lowest BCUT2D eigenvalue weighted by atomic mass is 10.2. The van der Waals surface area contributed by atoms with Gasteiger partial charge in [0.15, 0.2) is 6.33 Å². The molecule has 0 saturated heterocycles. The number of aryl methyl sites for hydroxylation is 1. The van der Waals surface area contributed by atoms with Gasteiger partial charge in [0.2, 0.25) is 5.69 Å². The fourth-order valence-corrected chi connectivity index (χ4v) is 2.81. The highest BCUT2D eigenvalue weighted by atomic mass is 16.2. The topological polar surface area (TPSA) is 49.4 Å². The molecule has 6 heteroatoms. The third-order valence-corrected chi connectivity index (χ3v) is 3.95. The van der Waals surface area contributed by atoms with Crippen LogP contribution >= 0.6 is 0 Å². The van der Waals surface area contributed by atoms with Gasteiger partial charge in [0.1, 0.15) is 6.54 Å². The first kappa shape index (κ1) is 14.3. The smallest absolute Gasteiger partial charge is 0.301 e. The molecule has 114 valence electrons. The van der Waals surface area contributed by atoms with Crippen LogP contribution in [-0.4, -0.2) is 41.9 Å². The van der Waals surface area contributed by atoms with E-state index in [0.717, 1.165) is 5.56 Å². The van der Waals surface area contributed by atoms with E-state index in [4.69, 9.17) is 0 Å². The number of imidazole rings is 1. The second-order valence-electron chi connectivity index (χ2n) is 5.63. The van der Waals surface area contributed by atoms with Crippen molar-refractivity contribution in [2.45, 2.75) is 6.54 Å². The molecule has 1 aliphatic rings. The van der Waals surface area contributed by atoms with Gasteiger partial charge in [0.05, 0.1) is 20.6 Å². The number of fused-ring (bicyclic) bond motifs is 1. The Hall–Kier alpha value is -2.63. The van der Waals surface area contributed by atoms with Crippen molar-refractivity contribution < 1.29 is 14.2 Å². The molecule has 0 bridgehead atoms. The first-order chi connectivity index (χ1) is 10.5. The van der Waals surface area contributed by atoms with E-state index in [9.17, 15) is 9.59 Å². The van der Waals surface area contributed by atoms with Gasteiger partial charge in [0, 0.05) is 7.05 Å². The van der Waals surface area contributed by atoms with Gasteiger partial charge in [0.25, 0.3) is 11.7 Å². The molecule has 22 heavy (non-hydrogen) atoms. The van der Waals surface area contributed by atoms with Gasteiger partial charge in [-0.15, -0.1) is 0 Å². The number of hydrogen-bond donors (Lipinski definition) is 0. The van der Waals surface area contributed by atoms with E-state index in [1.54, 1.807) is 19.0 Å². The highest BCUT2D eigenvalue weighted by Gasteiger charge is 2.38. The number of rotatable bonds is 2. The highest BCUT2D eigenvalue weighted by Crippen LogP contribution is 2.22. The molecule has 2 aromatic rings. The predicted octanol–water partition coefficient (Wildman–Crippen LogP) is 0.409. The van der Waals surface area contributed by atoms with Crippen molar-refractivity contribution in [3.63, 3.8) is 0 Å². The maximum atomic E-state index is 12.7. The lowest BCUT2D eigenvalue weighted by molar-refractivity contribution is -0.658. The Morgan fingerprint density at radius 2 is 1.82 bits per heavy atom. The second kappa shape index (κ2) is 5.29. The van der Waals surface area contributed by atoms with Crippen molar-refractivity contribution in [1.82, 2.24) is 9.47 Å². The zero-order chi connectivity index (χ0) is 15.9. The molecule has 1 aliphatic heterocycles. The number of amides is 2. The van der Waals surface area contributed by atoms with Crippen molar-refractivity contribution >= 4 is 17.6 Å². The zero-order valence-electron chi connectivity index (χ0n) is 13.0. The zero-order valence-corrected chi connectivity index (χ0v) is 13.0. The Labute approximate surface area is 129 Å². The van der Waals surface area contributed by atoms with Crippen LogP contribution < -0.4 is 9.47 Å². The molecule has 1 aromatic carbocycles. The summed E-state index contributed by atoms with van der Waals surface area (Å²) in [5, 5.41) is 0. The third kappa shape index (κ3) is 2.26. The molecule has 0 unspecified atom stereocenters. The fourth-order valence-electron chi connectivity index (χ4n) is 2.81. The molecular formula is C16H19N4O2+. The van der Waals surface area contributed by atoms with Crippen LogP contribution in [0.1, 0.15) is 16.1 Å². The maximum absolute atomic E-state index is 12.7. The van der Waals surface area contributed by atoms with Crippen molar-refractivity contribution in [3.8, 4) is 0 Å². The maximum Gasteiger partial charge on any atom is 0.301 e. The predicted molar refractivity (Wildman–Crippen MR) is 81.5 cm³/mol. The van der Waals surface area contributed by atoms with Gasteiger partial charge in [-0.05, 0) is 5.56 Å². The van der Waals surface area contributed by atoms with Crippen LogP contribution in [0.5, 0.6) is 0 Å². The van der Waals surface area contributed by atoms with E-state index in [1.165, 1.54) is 4.90 Å². The molecule has 0 fully saturated rings. The largest absolute Gasteiger partial charge is 0.328 e. The summed E-state index contributed by atoms with van der Waals surface area (Å²) in [6.07, 6.45) is 1.86. The van der Waals surface area contributed by atoms with Crippen molar-refractivity contribution in [2.24, 2.45) is 7.05 Å². The van der Waals surface area contributed by atoms with Gasteiger partial charge in [-0.25, -0.2) is 9.47 Å². The van der Waals surface area contributed by atoms with Crippen LogP contribution in [0.4, 0.5) is 5.82 Å². The SMILES string of the molecule is CN1CC(=O)N(C)c2c(n(Cc3ccccc3)c[n+]2C)C1=O. The van der Waals surface area contributed by atoms with E-state index in [-0.39, 0.29) is 18.4 Å². The van der Waals surface area contributed by atoms with E-state index >= 15 is 0 Å². The molecule has 0 spiro atoms. The lowest BCUT2D eigenvalue weighted by Gasteiger charge is -2.12. The van der Waals surface area contributed by atoms with Gasteiger partial charge in [-0.2, -0.15) is 0 Å². The average Bonchev–Trinajstić information content (AvgIpc) is 2.78. The summed E-state index contributed by atoms with van der Waals surface area (Å²) in [6, 6.07) is 9.95. The van der Waals surface area contributed by atoms with Crippen LogP contribution in [0.15, 0.2) is 36.7 Å². The molecule has 2 amide bonds. The molecule has 0 N–H and O–H groups in total. The van der Waals surface area contributed by atoms with Crippen molar-refractivity contribution in [2.75, 3.05) is 25.5 Å². The summed E-state index contributed by atoms with van der Waals surface area (Å²) >= 11 is 0. The Balaban J connectivity index is 2.11. The fraction of sp³-hybridized carbons (Fsp3) is 0.312. The van der Waals surface area contributed by atoms with Gasteiger partial charge >= 0.3 is 5.91 Å². The number of aromatic nitrogens is 2. The normalized spacial score (nSPS) is 15.0. The molecule has 0 aliphatic carbocycles. The Bertz CT molecular complexity index is 736. The first-order valence-electron chi connectivity index (χ1n) is 7.13. The molecule has 6 nitrogen and oxygen atoms in total. The number of likely N-dealkylation sites (N-methyl/N-ethyl adjacent to an activating group) is 2.